The van der Waals surface area contributed by atoms with Gasteiger partial charge in [0.1, 0.15) is 15.9 Å². The van der Waals surface area contributed by atoms with Gasteiger partial charge < -0.3 is 10.1 Å². The van der Waals surface area contributed by atoms with E-state index in [-0.39, 0.29) is 18.2 Å². The normalized spacial score (nSPS) is 15.1. The average molecular weight is 431 g/mol. The maximum Gasteiger partial charge on any atom is 0.266 e. The molecular formula is C21H19FN2O3S2. The zero-order valence-corrected chi connectivity index (χ0v) is 17.3. The summed E-state index contributed by atoms with van der Waals surface area (Å²) < 4.78 is 19.3. The van der Waals surface area contributed by atoms with Crippen LogP contribution in [0.25, 0.3) is 6.08 Å². The lowest BCUT2D eigenvalue weighted by Crippen LogP contribution is -2.29. The third-order valence-electron chi connectivity index (χ3n) is 4.22. The van der Waals surface area contributed by atoms with Crippen LogP contribution in [0.3, 0.4) is 0 Å². The van der Waals surface area contributed by atoms with Crippen molar-refractivity contribution in [3.63, 3.8) is 0 Å². The summed E-state index contributed by atoms with van der Waals surface area (Å²) in [5, 5.41) is 2.80. The summed E-state index contributed by atoms with van der Waals surface area (Å²) in [5.41, 5.74) is 1.01. The van der Waals surface area contributed by atoms with Crippen molar-refractivity contribution in [2.24, 2.45) is 0 Å². The minimum Gasteiger partial charge on any atom is -0.497 e. The van der Waals surface area contributed by atoms with Crippen molar-refractivity contribution in [2.75, 3.05) is 19.0 Å². The van der Waals surface area contributed by atoms with Crippen LogP contribution in [0.4, 0.5) is 10.1 Å². The molecule has 0 atom stereocenters. The molecule has 0 aromatic heterocycles. The number of hydrogen-bond donors (Lipinski definition) is 1. The molecule has 1 saturated heterocycles. The number of methoxy groups -OCH3 is 1. The summed E-state index contributed by atoms with van der Waals surface area (Å²) in [5.74, 6) is -0.102. The zero-order chi connectivity index (χ0) is 20.8. The van der Waals surface area contributed by atoms with Crippen LogP contribution in [0.5, 0.6) is 5.75 Å². The number of ether oxygens (including phenoxy) is 1. The van der Waals surface area contributed by atoms with E-state index in [4.69, 9.17) is 17.0 Å². The summed E-state index contributed by atoms with van der Waals surface area (Å²) in [6, 6.07) is 13.3. The predicted molar refractivity (Wildman–Crippen MR) is 117 cm³/mol. The second kappa shape index (κ2) is 9.67. The number of rotatable bonds is 7. The molecule has 2 amide bonds. The molecule has 1 heterocycles. The molecule has 2 aromatic rings. The molecule has 150 valence electrons. The third-order valence-corrected chi connectivity index (χ3v) is 5.60. The number of benzene rings is 2. The van der Waals surface area contributed by atoms with Crippen molar-refractivity contribution in [1.82, 2.24) is 4.90 Å². The molecular weight excluding hydrogens is 411 g/mol. The lowest BCUT2D eigenvalue weighted by molar-refractivity contribution is -0.122. The first-order chi connectivity index (χ1) is 14.0. The molecule has 0 spiro atoms. The minimum absolute atomic E-state index is 0.150. The highest BCUT2D eigenvalue weighted by molar-refractivity contribution is 8.26. The molecule has 1 aliphatic heterocycles. The molecule has 0 bridgehead atoms. The Balaban J connectivity index is 1.52. The van der Waals surface area contributed by atoms with Gasteiger partial charge in [-0.15, -0.1) is 0 Å². The molecule has 0 radical (unpaired) electrons. The van der Waals surface area contributed by atoms with E-state index < -0.39 is 5.82 Å². The number of thiocarbonyl (C=S) groups is 1. The van der Waals surface area contributed by atoms with Crippen LogP contribution >= 0.6 is 24.0 Å². The lowest BCUT2D eigenvalue weighted by Gasteiger charge is -2.14. The fraction of sp³-hybridized carbons (Fsp3) is 0.190. The van der Waals surface area contributed by atoms with E-state index in [0.717, 1.165) is 11.8 Å². The zero-order valence-electron chi connectivity index (χ0n) is 15.7. The molecule has 1 N–H and O–H groups in total. The van der Waals surface area contributed by atoms with Gasteiger partial charge in [-0.2, -0.15) is 0 Å². The Kier molecular flexibility index (Phi) is 7.00. The Morgan fingerprint density at radius 1 is 1.24 bits per heavy atom. The van der Waals surface area contributed by atoms with Gasteiger partial charge in [0.15, 0.2) is 0 Å². The molecule has 29 heavy (non-hydrogen) atoms. The Hall–Kier alpha value is -2.71. The van der Waals surface area contributed by atoms with Crippen molar-refractivity contribution < 1.29 is 18.7 Å². The van der Waals surface area contributed by atoms with Crippen molar-refractivity contribution in [2.45, 2.75) is 12.8 Å². The quantitative estimate of drug-likeness (QED) is 0.519. The third kappa shape index (κ3) is 5.42. The van der Waals surface area contributed by atoms with Gasteiger partial charge in [0, 0.05) is 24.2 Å². The maximum atomic E-state index is 13.8. The van der Waals surface area contributed by atoms with Crippen LogP contribution < -0.4 is 10.1 Å². The van der Waals surface area contributed by atoms with Gasteiger partial charge in [0.2, 0.25) is 5.91 Å². The topological polar surface area (TPSA) is 58.6 Å². The average Bonchev–Trinajstić information content (AvgIpc) is 2.97. The van der Waals surface area contributed by atoms with E-state index in [2.05, 4.69) is 5.32 Å². The SMILES string of the molecule is COc1ccc(NC(=O)CCCN2C(=O)/C(=C/c3ccccc3F)SC2=S)cc1. The highest BCUT2D eigenvalue weighted by Gasteiger charge is 2.31. The number of hydrogen-bond acceptors (Lipinski definition) is 5. The summed E-state index contributed by atoms with van der Waals surface area (Å²) >= 11 is 6.41. The molecule has 2 aromatic carbocycles. The van der Waals surface area contributed by atoms with Crippen LogP contribution in [-0.2, 0) is 9.59 Å². The number of nitrogens with zero attached hydrogens (tertiary/aromatic N) is 1. The molecule has 0 aliphatic carbocycles. The smallest absolute Gasteiger partial charge is 0.266 e. The highest BCUT2D eigenvalue weighted by atomic mass is 32.2. The predicted octanol–water partition coefficient (Wildman–Crippen LogP) is 4.45. The number of carbonyl (C=O) groups is 2. The van der Waals surface area contributed by atoms with Crippen molar-refractivity contribution >= 4 is 51.9 Å². The van der Waals surface area contributed by atoms with E-state index in [0.29, 0.717) is 39.2 Å². The number of anilines is 1. The molecule has 1 fully saturated rings. The van der Waals surface area contributed by atoms with E-state index in [9.17, 15) is 14.0 Å². The number of halogens is 1. The monoisotopic (exact) mass is 430 g/mol. The Morgan fingerprint density at radius 3 is 2.66 bits per heavy atom. The highest BCUT2D eigenvalue weighted by Crippen LogP contribution is 2.33. The van der Waals surface area contributed by atoms with E-state index in [1.807, 2.05) is 0 Å². The van der Waals surface area contributed by atoms with Crippen LogP contribution in [0.1, 0.15) is 18.4 Å². The van der Waals surface area contributed by atoms with Gasteiger partial charge in [0.05, 0.1) is 12.0 Å². The van der Waals surface area contributed by atoms with Crippen molar-refractivity contribution in [3.8, 4) is 5.75 Å². The van der Waals surface area contributed by atoms with Crippen molar-refractivity contribution in [3.05, 3.63) is 64.8 Å². The van der Waals surface area contributed by atoms with Crippen LogP contribution in [-0.4, -0.2) is 34.7 Å². The second-order valence-corrected chi connectivity index (χ2v) is 7.91. The fourth-order valence-corrected chi connectivity index (χ4v) is 4.02. The number of amides is 2. The van der Waals surface area contributed by atoms with Crippen LogP contribution in [0, 0.1) is 5.82 Å². The number of thioether (sulfide) groups is 1. The summed E-state index contributed by atoms with van der Waals surface area (Å²) in [4.78, 5) is 26.5. The Morgan fingerprint density at radius 2 is 1.97 bits per heavy atom. The van der Waals surface area contributed by atoms with E-state index in [1.54, 1.807) is 49.6 Å². The largest absolute Gasteiger partial charge is 0.497 e. The van der Waals surface area contributed by atoms with Gasteiger partial charge in [-0.25, -0.2) is 4.39 Å². The van der Waals surface area contributed by atoms with Gasteiger partial charge in [-0.3, -0.25) is 14.5 Å². The molecule has 3 rings (SSSR count). The molecule has 8 heteroatoms. The van der Waals surface area contributed by atoms with Gasteiger partial charge in [0.25, 0.3) is 5.91 Å². The van der Waals surface area contributed by atoms with E-state index in [1.165, 1.54) is 17.0 Å². The standard InChI is InChI=1S/C21H19FN2O3S2/c1-27-16-10-8-15(9-11-16)23-19(25)7-4-12-24-20(26)18(29-21(24)28)13-14-5-2-3-6-17(14)22/h2-3,5-6,8-11,13H,4,7,12H2,1H3,(H,23,25)/b18-13-. The molecule has 0 unspecified atom stereocenters. The van der Waals surface area contributed by atoms with Crippen LogP contribution in [0.15, 0.2) is 53.4 Å². The molecule has 5 nitrogen and oxygen atoms in total. The van der Waals surface area contributed by atoms with Gasteiger partial charge in [-0.1, -0.05) is 42.2 Å². The van der Waals surface area contributed by atoms with E-state index >= 15 is 0 Å². The maximum absolute atomic E-state index is 13.8. The molecule has 1 aliphatic rings. The number of nitrogens with one attached hydrogen (secondary N) is 1. The first kappa shape index (κ1) is 21.0. The fourth-order valence-electron chi connectivity index (χ4n) is 2.72. The van der Waals surface area contributed by atoms with Crippen LogP contribution in [0.2, 0.25) is 0 Å². The first-order valence-electron chi connectivity index (χ1n) is 8.92. The first-order valence-corrected chi connectivity index (χ1v) is 10.1. The number of carbonyl (C=O) groups excluding carboxylic acids is 2. The Labute approximate surface area is 177 Å². The minimum atomic E-state index is -0.395. The summed E-state index contributed by atoms with van der Waals surface area (Å²) in [6.45, 7) is 0.329. The summed E-state index contributed by atoms with van der Waals surface area (Å²) in [6.07, 6.45) is 2.21. The van der Waals surface area contributed by atoms with Gasteiger partial charge >= 0.3 is 0 Å². The molecule has 0 saturated carbocycles. The lowest BCUT2D eigenvalue weighted by atomic mass is 10.2. The van der Waals surface area contributed by atoms with Gasteiger partial charge in [-0.05, 0) is 42.8 Å². The second-order valence-electron chi connectivity index (χ2n) is 6.24. The van der Waals surface area contributed by atoms with Crippen molar-refractivity contribution in [1.29, 1.82) is 0 Å². The summed E-state index contributed by atoms with van der Waals surface area (Å²) in [7, 11) is 1.58. The Bertz CT molecular complexity index is 961.